The standard InChI is InChI=1S/C23H25N7O/c24-10-11-25-21-27-22(29-23(28-21)30-12-4-1-5-13-30)26-15-8-9-18-19(14-15)16-6-2-3-7-17(16)20(18)31/h2-3,6-9,14H,1,4-5,10-13,24H2,(H2,25,26,27,28,29). The fourth-order valence-corrected chi connectivity index (χ4v) is 4.15. The summed E-state index contributed by atoms with van der Waals surface area (Å²) in [5, 5.41) is 6.47. The van der Waals surface area contributed by atoms with E-state index in [0.717, 1.165) is 53.9 Å². The number of anilines is 4. The average molecular weight is 416 g/mol. The van der Waals surface area contributed by atoms with E-state index in [0.29, 0.717) is 30.9 Å². The molecule has 0 radical (unpaired) electrons. The number of nitrogens with one attached hydrogen (secondary N) is 2. The Kier molecular flexibility index (Phi) is 5.21. The highest BCUT2D eigenvalue weighted by Gasteiger charge is 2.26. The van der Waals surface area contributed by atoms with E-state index >= 15 is 0 Å². The van der Waals surface area contributed by atoms with Gasteiger partial charge in [-0.15, -0.1) is 0 Å². The second-order valence-corrected chi connectivity index (χ2v) is 7.81. The van der Waals surface area contributed by atoms with E-state index in [2.05, 4.69) is 30.5 Å². The van der Waals surface area contributed by atoms with Crippen LogP contribution in [0.15, 0.2) is 42.5 Å². The lowest BCUT2D eigenvalue weighted by Crippen LogP contribution is -2.31. The number of hydrogen-bond acceptors (Lipinski definition) is 8. The third-order valence-electron chi connectivity index (χ3n) is 5.67. The van der Waals surface area contributed by atoms with Gasteiger partial charge in [0.25, 0.3) is 0 Å². The molecule has 1 aliphatic heterocycles. The second kappa shape index (κ2) is 8.31. The first-order chi connectivity index (χ1) is 15.2. The Morgan fingerprint density at radius 1 is 0.871 bits per heavy atom. The molecule has 1 fully saturated rings. The molecule has 8 heteroatoms. The molecule has 2 aromatic carbocycles. The molecule has 2 heterocycles. The van der Waals surface area contributed by atoms with Gasteiger partial charge in [0.15, 0.2) is 5.78 Å². The molecule has 0 atom stereocenters. The van der Waals surface area contributed by atoms with Crippen molar-refractivity contribution in [1.82, 2.24) is 15.0 Å². The molecule has 1 aliphatic carbocycles. The molecular formula is C23H25N7O. The van der Waals surface area contributed by atoms with Crippen LogP contribution >= 0.6 is 0 Å². The fourth-order valence-electron chi connectivity index (χ4n) is 4.15. The number of piperidine rings is 1. The SMILES string of the molecule is NCCNc1nc(Nc2ccc3c(c2)-c2ccccc2C3=O)nc(N2CCCCC2)n1. The Morgan fingerprint density at radius 3 is 2.42 bits per heavy atom. The quantitative estimate of drug-likeness (QED) is 0.441. The highest BCUT2D eigenvalue weighted by molar-refractivity contribution is 6.22. The van der Waals surface area contributed by atoms with Crippen LogP contribution in [-0.4, -0.2) is 46.9 Å². The van der Waals surface area contributed by atoms with Crippen LogP contribution in [0.25, 0.3) is 11.1 Å². The Bertz CT molecular complexity index is 1120. The number of nitrogens with zero attached hydrogens (tertiary/aromatic N) is 4. The summed E-state index contributed by atoms with van der Waals surface area (Å²) in [6.07, 6.45) is 3.51. The van der Waals surface area contributed by atoms with Gasteiger partial charge in [0.2, 0.25) is 17.8 Å². The zero-order valence-electron chi connectivity index (χ0n) is 17.3. The molecule has 1 aromatic heterocycles. The van der Waals surface area contributed by atoms with Crippen molar-refractivity contribution in [3.05, 3.63) is 53.6 Å². The molecule has 1 saturated heterocycles. The summed E-state index contributed by atoms with van der Waals surface area (Å²) in [4.78, 5) is 28.6. The molecule has 158 valence electrons. The van der Waals surface area contributed by atoms with Crippen LogP contribution in [-0.2, 0) is 0 Å². The predicted octanol–water partition coefficient (Wildman–Crippen LogP) is 3.19. The summed E-state index contributed by atoms with van der Waals surface area (Å²) in [6, 6.07) is 13.4. The number of ketones is 1. The average Bonchev–Trinajstić information content (AvgIpc) is 3.10. The van der Waals surface area contributed by atoms with Crippen molar-refractivity contribution in [1.29, 1.82) is 0 Å². The molecule has 0 bridgehead atoms. The Hall–Kier alpha value is -3.52. The molecule has 8 nitrogen and oxygen atoms in total. The minimum Gasteiger partial charge on any atom is -0.353 e. The Labute approximate surface area is 180 Å². The summed E-state index contributed by atoms with van der Waals surface area (Å²) in [7, 11) is 0. The van der Waals surface area contributed by atoms with Crippen LogP contribution in [0.2, 0.25) is 0 Å². The molecule has 4 N–H and O–H groups in total. The minimum atomic E-state index is 0.0676. The van der Waals surface area contributed by atoms with Gasteiger partial charge in [-0.3, -0.25) is 4.79 Å². The number of aromatic nitrogens is 3. The van der Waals surface area contributed by atoms with E-state index in [1.54, 1.807) is 0 Å². The predicted molar refractivity (Wildman–Crippen MR) is 122 cm³/mol. The van der Waals surface area contributed by atoms with Crippen LogP contribution in [0.4, 0.5) is 23.5 Å². The van der Waals surface area contributed by atoms with E-state index in [9.17, 15) is 4.79 Å². The van der Waals surface area contributed by atoms with E-state index in [-0.39, 0.29) is 5.78 Å². The maximum atomic E-state index is 12.6. The van der Waals surface area contributed by atoms with Gasteiger partial charge in [-0.1, -0.05) is 24.3 Å². The van der Waals surface area contributed by atoms with Crippen molar-refractivity contribution in [2.75, 3.05) is 41.7 Å². The molecule has 0 spiro atoms. The lowest BCUT2D eigenvalue weighted by molar-refractivity contribution is 0.104. The van der Waals surface area contributed by atoms with Gasteiger partial charge in [-0.05, 0) is 48.6 Å². The molecular weight excluding hydrogens is 390 g/mol. The van der Waals surface area contributed by atoms with Crippen LogP contribution in [0, 0.1) is 0 Å². The number of carbonyl (C=O) groups is 1. The number of fused-ring (bicyclic) bond motifs is 3. The lowest BCUT2D eigenvalue weighted by Gasteiger charge is -2.27. The third-order valence-corrected chi connectivity index (χ3v) is 5.67. The largest absolute Gasteiger partial charge is 0.353 e. The zero-order valence-corrected chi connectivity index (χ0v) is 17.3. The van der Waals surface area contributed by atoms with Crippen LogP contribution in [0.1, 0.15) is 35.2 Å². The molecule has 0 saturated carbocycles. The maximum Gasteiger partial charge on any atom is 0.233 e. The number of nitrogens with two attached hydrogens (primary N) is 1. The normalized spacial score (nSPS) is 14.9. The third kappa shape index (κ3) is 3.82. The lowest BCUT2D eigenvalue weighted by atomic mass is 10.1. The number of rotatable bonds is 6. The Balaban J connectivity index is 1.46. The molecule has 0 unspecified atom stereocenters. The van der Waals surface area contributed by atoms with Gasteiger partial charge in [-0.2, -0.15) is 15.0 Å². The first-order valence-corrected chi connectivity index (χ1v) is 10.7. The first kappa shape index (κ1) is 19.4. The van der Waals surface area contributed by atoms with E-state index in [1.165, 1.54) is 6.42 Å². The smallest absolute Gasteiger partial charge is 0.233 e. The van der Waals surface area contributed by atoms with Crippen molar-refractivity contribution >= 4 is 29.3 Å². The number of benzene rings is 2. The topological polar surface area (TPSA) is 109 Å². The van der Waals surface area contributed by atoms with Gasteiger partial charge in [0.1, 0.15) is 0 Å². The van der Waals surface area contributed by atoms with Crippen molar-refractivity contribution < 1.29 is 4.79 Å². The van der Waals surface area contributed by atoms with E-state index in [4.69, 9.17) is 5.73 Å². The maximum absolute atomic E-state index is 12.6. The van der Waals surface area contributed by atoms with E-state index in [1.807, 2.05) is 42.5 Å². The number of hydrogen-bond donors (Lipinski definition) is 3. The zero-order chi connectivity index (χ0) is 21.2. The molecule has 0 amide bonds. The molecule has 31 heavy (non-hydrogen) atoms. The van der Waals surface area contributed by atoms with Gasteiger partial charge >= 0.3 is 0 Å². The monoisotopic (exact) mass is 415 g/mol. The first-order valence-electron chi connectivity index (χ1n) is 10.7. The van der Waals surface area contributed by atoms with Crippen LogP contribution < -0.4 is 21.3 Å². The number of carbonyl (C=O) groups excluding carboxylic acids is 1. The minimum absolute atomic E-state index is 0.0676. The summed E-state index contributed by atoms with van der Waals surface area (Å²) >= 11 is 0. The highest BCUT2D eigenvalue weighted by Crippen LogP contribution is 2.38. The fraction of sp³-hybridized carbons (Fsp3) is 0.304. The Morgan fingerprint density at radius 2 is 1.61 bits per heavy atom. The summed E-state index contributed by atoms with van der Waals surface area (Å²) in [6.45, 7) is 2.96. The van der Waals surface area contributed by atoms with Gasteiger partial charge in [-0.25, -0.2) is 0 Å². The van der Waals surface area contributed by atoms with Gasteiger partial charge in [0, 0.05) is 43.0 Å². The van der Waals surface area contributed by atoms with Gasteiger partial charge in [0.05, 0.1) is 0 Å². The molecule has 3 aromatic rings. The summed E-state index contributed by atoms with van der Waals surface area (Å²) in [5.41, 5.74) is 9.81. The van der Waals surface area contributed by atoms with Crippen molar-refractivity contribution in [3.8, 4) is 11.1 Å². The van der Waals surface area contributed by atoms with Crippen LogP contribution in [0.5, 0.6) is 0 Å². The van der Waals surface area contributed by atoms with Crippen molar-refractivity contribution in [3.63, 3.8) is 0 Å². The summed E-state index contributed by atoms with van der Waals surface area (Å²) in [5.74, 6) is 1.70. The molecule has 2 aliphatic rings. The summed E-state index contributed by atoms with van der Waals surface area (Å²) < 4.78 is 0. The molecule has 5 rings (SSSR count). The second-order valence-electron chi connectivity index (χ2n) is 7.81. The van der Waals surface area contributed by atoms with Crippen molar-refractivity contribution in [2.24, 2.45) is 5.73 Å². The van der Waals surface area contributed by atoms with Crippen LogP contribution in [0.3, 0.4) is 0 Å². The van der Waals surface area contributed by atoms with Gasteiger partial charge < -0.3 is 21.3 Å². The van der Waals surface area contributed by atoms with E-state index < -0.39 is 0 Å². The van der Waals surface area contributed by atoms with Crippen molar-refractivity contribution in [2.45, 2.75) is 19.3 Å². The highest BCUT2D eigenvalue weighted by atomic mass is 16.1.